The fourth-order valence-electron chi connectivity index (χ4n) is 1.33. The molecule has 0 aliphatic rings. The van der Waals surface area contributed by atoms with Crippen LogP contribution in [0.3, 0.4) is 0 Å². The molecular weight excluding hydrogens is 202 g/mol. The van der Waals surface area contributed by atoms with Crippen LogP contribution in [-0.2, 0) is 0 Å². The van der Waals surface area contributed by atoms with Gasteiger partial charge >= 0.3 is 0 Å². The summed E-state index contributed by atoms with van der Waals surface area (Å²) in [7, 11) is 0. The highest BCUT2D eigenvalue weighted by Crippen LogP contribution is 2.30. The Morgan fingerprint density at radius 3 is 2.31 bits per heavy atom. The first-order valence-electron chi connectivity index (χ1n) is 5.76. The van der Waals surface area contributed by atoms with Gasteiger partial charge in [-0.3, -0.25) is 0 Å². The Bertz CT molecular complexity index is 321. The molecule has 0 saturated heterocycles. The van der Waals surface area contributed by atoms with Crippen molar-refractivity contribution in [2.75, 3.05) is 13.2 Å². The van der Waals surface area contributed by atoms with Crippen LogP contribution in [-0.4, -0.2) is 18.8 Å². The second-order valence-electron chi connectivity index (χ2n) is 3.99. The van der Waals surface area contributed by atoms with Crippen LogP contribution in [0.25, 0.3) is 0 Å². The van der Waals surface area contributed by atoms with Crippen LogP contribution in [0, 0.1) is 0 Å². The van der Waals surface area contributed by atoms with E-state index in [1.807, 2.05) is 38.1 Å². The molecule has 1 atom stereocenters. The molecule has 1 unspecified atom stereocenters. The summed E-state index contributed by atoms with van der Waals surface area (Å²) in [6.45, 7) is 7.15. The SMILES string of the molecule is CCOc1ccccc1OC(C)(CC)CN. The highest BCUT2D eigenvalue weighted by atomic mass is 16.5. The summed E-state index contributed by atoms with van der Waals surface area (Å²) in [6.07, 6.45) is 0.865. The topological polar surface area (TPSA) is 44.5 Å². The highest BCUT2D eigenvalue weighted by Gasteiger charge is 2.23. The number of hydrogen-bond donors (Lipinski definition) is 1. The second-order valence-corrected chi connectivity index (χ2v) is 3.99. The molecule has 0 aliphatic heterocycles. The van der Waals surface area contributed by atoms with Gasteiger partial charge in [-0.25, -0.2) is 0 Å². The highest BCUT2D eigenvalue weighted by molar-refractivity contribution is 5.39. The summed E-state index contributed by atoms with van der Waals surface area (Å²) in [5, 5.41) is 0. The second kappa shape index (κ2) is 5.75. The summed E-state index contributed by atoms with van der Waals surface area (Å²) >= 11 is 0. The summed E-state index contributed by atoms with van der Waals surface area (Å²) in [6, 6.07) is 7.69. The quantitative estimate of drug-likeness (QED) is 0.806. The van der Waals surface area contributed by atoms with Gasteiger partial charge in [0.1, 0.15) is 5.60 Å². The summed E-state index contributed by atoms with van der Waals surface area (Å²) in [5.41, 5.74) is 5.40. The molecule has 0 bridgehead atoms. The van der Waals surface area contributed by atoms with E-state index in [-0.39, 0.29) is 5.60 Å². The Balaban J connectivity index is 2.87. The van der Waals surface area contributed by atoms with E-state index in [4.69, 9.17) is 15.2 Å². The average molecular weight is 223 g/mol. The van der Waals surface area contributed by atoms with Crippen LogP contribution in [0.1, 0.15) is 27.2 Å². The van der Waals surface area contributed by atoms with Crippen molar-refractivity contribution in [2.45, 2.75) is 32.8 Å². The maximum absolute atomic E-state index is 5.93. The van der Waals surface area contributed by atoms with Crippen LogP contribution >= 0.6 is 0 Å². The Labute approximate surface area is 97.6 Å². The third-order valence-electron chi connectivity index (χ3n) is 2.69. The van der Waals surface area contributed by atoms with Crippen LogP contribution in [0.15, 0.2) is 24.3 Å². The molecule has 0 aliphatic carbocycles. The molecule has 0 fully saturated rings. The summed E-state index contributed by atoms with van der Waals surface area (Å²) in [5.74, 6) is 1.54. The van der Waals surface area contributed by atoms with E-state index in [9.17, 15) is 0 Å². The molecule has 1 aromatic carbocycles. The molecule has 90 valence electrons. The molecule has 0 saturated carbocycles. The number of nitrogens with two attached hydrogens (primary N) is 1. The van der Waals surface area contributed by atoms with Gasteiger partial charge in [0.05, 0.1) is 6.61 Å². The number of ether oxygens (including phenoxy) is 2. The van der Waals surface area contributed by atoms with Crippen molar-refractivity contribution < 1.29 is 9.47 Å². The zero-order valence-corrected chi connectivity index (χ0v) is 10.3. The van der Waals surface area contributed by atoms with Gasteiger partial charge in [0.15, 0.2) is 11.5 Å². The van der Waals surface area contributed by atoms with E-state index in [0.717, 1.165) is 17.9 Å². The molecule has 1 aromatic rings. The van der Waals surface area contributed by atoms with Crippen molar-refractivity contribution in [1.29, 1.82) is 0 Å². The molecule has 0 aromatic heterocycles. The predicted octanol–water partition coefficient (Wildman–Crippen LogP) is 2.59. The Kier molecular flexibility index (Phi) is 4.62. The van der Waals surface area contributed by atoms with E-state index in [1.165, 1.54) is 0 Å². The summed E-state index contributed by atoms with van der Waals surface area (Å²) < 4.78 is 11.4. The maximum atomic E-state index is 5.93. The third-order valence-corrected chi connectivity index (χ3v) is 2.69. The number of rotatable bonds is 6. The lowest BCUT2D eigenvalue weighted by atomic mass is 10.0. The number of benzene rings is 1. The van der Waals surface area contributed by atoms with Crippen LogP contribution in [0.2, 0.25) is 0 Å². The van der Waals surface area contributed by atoms with Gasteiger partial charge in [0, 0.05) is 6.54 Å². The molecular formula is C13H21NO2. The normalized spacial score (nSPS) is 14.2. The van der Waals surface area contributed by atoms with Crippen LogP contribution < -0.4 is 15.2 Å². The fraction of sp³-hybridized carbons (Fsp3) is 0.538. The number of para-hydroxylation sites is 2. The first-order valence-corrected chi connectivity index (χ1v) is 5.76. The zero-order valence-electron chi connectivity index (χ0n) is 10.3. The van der Waals surface area contributed by atoms with Gasteiger partial charge in [0.25, 0.3) is 0 Å². The lowest BCUT2D eigenvalue weighted by Crippen LogP contribution is -2.39. The minimum atomic E-state index is -0.326. The molecule has 1 rings (SSSR count). The molecule has 3 heteroatoms. The lowest BCUT2D eigenvalue weighted by molar-refractivity contribution is 0.0885. The number of hydrogen-bond acceptors (Lipinski definition) is 3. The van der Waals surface area contributed by atoms with Gasteiger partial charge in [0.2, 0.25) is 0 Å². The van der Waals surface area contributed by atoms with Crippen molar-refractivity contribution >= 4 is 0 Å². The monoisotopic (exact) mass is 223 g/mol. The largest absolute Gasteiger partial charge is 0.490 e. The molecule has 0 amide bonds. The van der Waals surface area contributed by atoms with Crippen molar-refractivity contribution in [3.8, 4) is 11.5 Å². The zero-order chi connectivity index (χ0) is 12.0. The van der Waals surface area contributed by atoms with Crippen molar-refractivity contribution in [2.24, 2.45) is 5.73 Å². The third kappa shape index (κ3) is 3.14. The van der Waals surface area contributed by atoms with E-state index >= 15 is 0 Å². The minimum absolute atomic E-state index is 0.326. The van der Waals surface area contributed by atoms with E-state index in [1.54, 1.807) is 0 Å². The molecule has 3 nitrogen and oxygen atoms in total. The predicted molar refractivity (Wildman–Crippen MR) is 66.0 cm³/mol. The molecule has 0 heterocycles. The average Bonchev–Trinajstić information content (AvgIpc) is 2.32. The first-order chi connectivity index (χ1) is 7.65. The van der Waals surface area contributed by atoms with E-state index < -0.39 is 0 Å². The van der Waals surface area contributed by atoms with Gasteiger partial charge in [-0.05, 0) is 32.4 Å². The minimum Gasteiger partial charge on any atom is -0.490 e. The Morgan fingerprint density at radius 1 is 1.19 bits per heavy atom. The summed E-state index contributed by atoms with van der Waals surface area (Å²) in [4.78, 5) is 0. The first kappa shape index (κ1) is 12.8. The van der Waals surface area contributed by atoms with E-state index in [2.05, 4.69) is 6.92 Å². The molecule has 16 heavy (non-hydrogen) atoms. The van der Waals surface area contributed by atoms with Gasteiger partial charge in [-0.1, -0.05) is 19.1 Å². The Morgan fingerprint density at radius 2 is 1.81 bits per heavy atom. The van der Waals surface area contributed by atoms with Gasteiger partial charge < -0.3 is 15.2 Å². The van der Waals surface area contributed by atoms with Gasteiger partial charge in [-0.15, -0.1) is 0 Å². The maximum Gasteiger partial charge on any atom is 0.162 e. The fourth-order valence-corrected chi connectivity index (χ4v) is 1.33. The smallest absolute Gasteiger partial charge is 0.162 e. The van der Waals surface area contributed by atoms with Crippen LogP contribution in [0.5, 0.6) is 11.5 Å². The molecule has 0 spiro atoms. The molecule has 2 N–H and O–H groups in total. The van der Waals surface area contributed by atoms with Crippen molar-refractivity contribution in [1.82, 2.24) is 0 Å². The molecule has 0 radical (unpaired) electrons. The van der Waals surface area contributed by atoms with Crippen molar-refractivity contribution in [3.63, 3.8) is 0 Å². The standard InChI is InChI=1S/C13H21NO2/c1-4-13(3,10-14)16-12-9-7-6-8-11(12)15-5-2/h6-9H,4-5,10,14H2,1-3H3. The Hall–Kier alpha value is -1.22. The van der Waals surface area contributed by atoms with Crippen LogP contribution in [0.4, 0.5) is 0 Å². The van der Waals surface area contributed by atoms with Gasteiger partial charge in [-0.2, -0.15) is 0 Å². The van der Waals surface area contributed by atoms with E-state index in [0.29, 0.717) is 13.2 Å². The lowest BCUT2D eigenvalue weighted by Gasteiger charge is -2.28. The van der Waals surface area contributed by atoms with Crippen molar-refractivity contribution in [3.05, 3.63) is 24.3 Å².